The summed E-state index contributed by atoms with van der Waals surface area (Å²) in [5.74, 6) is 2.01. The van der Waals surface area contributed by atoms with Crippen LogP contribution in [0.15, 0.2) is 0 Å². The molecular weight excluding hydrogens is 136 g/mol. The van der Waals surface area contributed by atoms with Gasteiger partial charge in [-0.15, -0.1) is 0 Å². The number of aliphatic hydroxyl groups is 1. The summed E-state index contributed by atoms with van der Waals surface area (Å²) in [6, 6.07) is 0. The number of hydrogen-bond acceptors (Lipinski definition) is 3. The molecule has 1 aliphatic heterocycles. The van der Waals surface area contributed by atoms with Gasteiger partial charge in [0.15, 0.2) is 0 Å². The highest BCUT2D eigenvalue weighted by Crippen LogP contribution is 2.16. The lowest BCUT2D eigenvalue weighted by Crippen LogP contribution is -2.31. The van der Waals surface area contributed by atoms with Gasteiger partial charge >= 0.3 is 0 Å². The summed E-state index contributed by atoms with van der Waals surface area (Å²) in [4.78, 5) is 0. The fourth-order valence-corrected chi connectivity index (χ4v) is 1.86. The van der Waals surface area contributed by atoms with Crippen LogP contribution in [0.3, 0.4) is 0 Å². The molecule has 0 radical (unpaired) electrons. The molecule has 1 saturated heterocycles. The zero-order chi connectivity index (χ0) is 6.69. The van der Waals surface area contributed by atoms with Gasteiger partial charge in [-0.05, 0) is 6.92 Å². The Morgan fingerprint density at radius 3 is 2.89 bits per heavy atom. The summed E-state index contributed by atoms with van der Waals surface area (Å²) < 4.78 is 5.36. The molecule has 1 fully saturated rings. The van der Waals surface area contributed by atoms with E-state index in [-0.39, 0.29) is 12.7 Å². The van der Waals surface area contributed by atoms with Crippen LogP contribution in [0.1, 0.15) is 6.92 Å². The van der Waals surface area contributed by atoms with E-state index in [4.69, 9.17) is 9.84 Å². The average molecular weight is 148 g/mol. The fraction of sp³-hybridized carbons (Fsp3) is 1.00. The largest absolute Gasteiger partial charge is 0.394 e. The lowest BCUT2D eigenvalue weighted by molar-refractivity contribution is -0.0126. The fourth-order valence-electron chi connectivity index (χ4n) is 0.868. The number of rotatable bonds is 1. The molecular formula is C6H12O2S. The Hall–Kier alpha value is 0.270. The molecule has 1 N–H and O–H groups in total. The minimum atomic E-state index is 0.0822. The van der Waals surface area contributed by atoms with Gasteiger partial charge in [0.25, 0.3) is 0 Å². The first-order valence-electron chi connectivity index (χ1n) is 3.17. The average Bonchev–Trinajstić information content (AvgIpc) is 1.88. The molecule has 0 aromatic heterocycles. The Morgan fingerprint density at radius 2 is 2.44 bits per heavy atom. The predicted octanol–water partition coefficient (Wildman–Crippen LogP) is 0.499. The molecule has 0 aromatic carbocycles. The molecule has 1 rings (SSSR count). The van der Waals surface area contributed by atoms with Crippen LogP contribution in [0.5, 0.6) is 0 Å². The second-order valence-electron chi connectivity index (χ2n) is 2.29. The molecule has 0 saturated carbocycles. The summed E-state index contributed by atoms with van der Waals surface area (Å²) in [5.41, 5.74) is 0. The molecule has 2 atom stereocenters. The molecule has 3 heteroatoms. The van der Waals surface area contributed by atoms with Crippen LogP contribution in [0.2, 0.25) is 0 Å². The summed E-state index contributed by atoms with van der Waals surface area (Å²) in [6.07, 6.45) is 0.402. The number of aliphatic hydroxyl groups excluding tert-OH is 1. The van der Waals surface area contributed by atoms with Crippen molar-refractivity contribution < 1.29 is 9.84 Å². The Bertz CT molecular complexity index is 87.1. The van der Waals surface area contributed by atoms with E-state index >= 15 is 0 Å². The van der Waals surface area contributed by atoms with Gasteiger partial charge in [-0.2, -0.15) is 11.8 Å². The number of ether oxygens (including phenoxy) is 1. The first-order valence-corrected chi connectivity index (χ1v) is 4.32. The van der Waals surface area contributed by atoms with Crippen LogP contribution < -0.4 is 0 Å². The van der Waals surface area contributed by atoms with Gasteiger partial charge < -0.3 is 9.84 Å². The van der Waals surface area contributed by atoms with E-state index in [2.05, 4.69) is 0 Å². The quantitative estimate of drug-likeness (QED) is 0.587. The van der Waals surface area contributed by atoms with Gasteiger partial charge in [0, 0.05) is 11.5 Å². The highest BCUT2D eigenvalue weighted by atomic mass is 32.2. The molecule has 1 heterocycles. The Labute approximate surface area is 59.6 Å². The number of hydrogen-bond donors (Lipinski definition) is 1. The molecule has 0 aliphatic carbocycles. The van der Waals surface area contributed by atoms with E-state index in [1.165, 1.54) is 0 Å². The van der Waals surface area contributed by atoms with Gasteiger partial charge in [-0.25, -0.2) is 0 Å². The van der Waals surface area contributed by atoms with Crippen molar-refractivity contribution in [2.75, 3.05) is 18.1 Å². The van der Waals surface area contributed by atoms with Crippen molar-refractivity contribution in [2.45, 2.75) is 19.1 Å². The molecule has 0 aromatic rings. The standard InChI is InChI=1S/C6H12O2S/c1-5-3-9-4-6(2-7)8-5/h5-7H,2-4H2,1H3/t5-,6-/m0/s1. The van der Waals surface area contributed by atoms with E-state index in [1.54, 1.807) is 0 Å². The highest BCUT2D eigenvalue weighted by Gasteiger charge is 2.17. The lowest BCUT2D eigenvalue weighted by Gasteiger charge is -2.25. The first-order chi connectivity index (χ1) is 4.33. The zero-order valence-corrected chi connectivity index (χ0v) is 6.36. The highest BCUT2D eigenvalue weighted by molar-refractivity contribution is 7.99. The van der Waals surface area contributed by atoms with Crippen LogP contribution in [0.25, 0.3) is 0 Å². The van der Waals surface area contributed by atoms with E-state index < -0.39 is 0 Å². The second kappa shape index (κ2) is 3.44. The Balaban J connectivity index is 2.23. The summed E-state index contributed by atoms with van der Waals surface area (Å²) in [7, 11) is 0. The van der Waals surface area contributed by atoms with E-state index in [9.17, 15) is 0 Å². The smallest absolute Gasteiger partial charge is 0.0899 e. The van der Waals surface area contributed by atoms with E-state index in [1.807, 2.05) is 18.7 Å². The Kier molecular flexibility index (Phi) is 2.82. The minimum absolute atomic E-state index is 0.0822. The molecule has 0 amide bonds. The van der Waals surface area contributed by atoms with Crippen molar-refractivity contribution in [3.63, 3.8) is 0 Å². The van der Waals surface area contributed by atoms with E-state index in [0.29, 0.717) is 6.10 Å². The lowest BCUT2D eigenvalue weighted by atomic mass is 10.4. The third kappa shape index (κ3) is 2.16. The third-order valence-electron chi connectivity index (χ3n) is 1.28. The molecule has 9 heavy (non-hydrogen) atoms. The Morgan fingerprint density at radius 1 is 1.67 bits per heavy atom. The molecule has 54 valence electrons. The molecule has 0 unspecified atom stereocenters. The first kappa shape index (κ1) is 7.38. The molecule has 0 bridgehead atoms. The van der Waals surface area contributed by atoms with Crippen molar-refractivity contribution in [1.29, 1.82) is 0 Å². The van der Waals surface area contributed by atoms with Crippen molar-refractivity contribution in [3.8, 4) is 0 Å². The zero-order valence-electron chi connectivity index (χ0n) is 5.54. The van der Waals surface area contributed by atoms with Crippen LogP contribution in [0, 0.1) is 0 Å². The summed E-state index contributed by atoms with van der Waals surface area (Å²) in [6.45, 7) is 2.20. The van der Waals surface area contributed by atoms with Crippen molar-refractivity contribution in [2.24, 2.45) is 0 Å². The van der Waals surface area contributed by atoms with Crippen LogP contribution in [-0.4, -0.2) is 35.4 Å². The van der Waals surface area contributed by atoms with E-state index in [0.717, 1.165) is 11.5 Å². The molecule has 2 nitrogen and oxygen atoms in total. The second-order valence-corrected chi connectivity index (χ2v) is 3.36. The van der Waals surface area contributed by atoms with Crippen molar-refractivity contribution in [1.82, 2.24) is 0 Å². The monoisotopic (exact) mass is 148 g/mol. The van der Waals surface area contributed by atoms with Gasteiger partial charge in [-0.1, -0.05) is 0 Å². The van der Waals surface area contributed by atoms with Gasteiger partial charge in [0.1, 0.15) is 0 Å². The van der Waals surface area contributed by atoms with Gasteiger partial charge in [0.05, 0.1) is 18.8 Å². The van der Waals surface area contributed by atoms with Gasteiger partial charge in [0.2, 0.25) is 0 Å². The normalized spacial score (nSPS) is 36.7. The maximum Gasteiger partial charge on any atom is 0.0899 e. The summed E-state index contributed by atoms with van der Waals surface area (Å²) in [5, 5.41) is 8.67. The topological polar surface area (TPSA) is 29.5 Å². The predicted molar refractivity (Wildman–Crippen MR) is 38.7 cm³/mol. The maximum absolute atomic E-state index is 8.67. The SMILES string of the molecule is C[C@H]1CSC[C@H](CO)O1. The van der Waals surface area contributed by atoms with Crippen LogP contribution in [0.4, 0.5) is 0 Å². The minimum Gasteiger partial charge on any atom is -0.394 e. The molecule has 0 spiro atoms. The van der Waals surface area contributed by atoms with Crippen LogP contribution in [-0.2, 0) is 4.74 Å². The molecule has 1 aliphatic rings. The van der Waals surface area contributed by atoms with Crippen molar-refractivity contribution in [3.05, 3.63) is 0 Å². The number of thioether (sulfide) groups is 1. The van der Waals surface area contributed by atoms with Gasteiger partial charge in [-0.3, -0.25) is 0 Å². The third-order valence-corrected chi connectivity index (χ3v) is 2.60. The van der Waals surface area contributed by atoms with Crippen LogP contribution >= 0.6 is 11.8 Å². The van der Waals surface area contributed by atoms with Crippen molar-refractivity contribution >= 4 is 11.8 Å². The maximum atomic E-state index is 8.67. The summed E-state index contributed by atoms with van der Waals surface area (Å²) >= 11 is 1.85.